The van der Waals surface area contributed by atoms with E-state index in [9.17, 15) is 19.6 Å². The highest BCUT2D eigenvalue weighted by Gasteiger charge is 2.32. The molecule has 2 atom stereocenters. The standard InChI is InChI=1S/C21H26N4O4/c1-13(2)21(4,12-22)24-19(27)14(3)29-18(26)11-10-17-23-20(28)15-8-6-7-9-16(15)25(17)5/h6-9,13-14H,10-11H2,1-5H3,(H,24,27)/t14-,21-/m1/s1. The molecule has 1 heterocycles. The van der Waals surface area contributed by atoms with Crippen LogP contribution < -0.4 is 10.9 Å². The zero-order chi connectivity index (χ0) is 21.8. The second kappa shape index (κ2) is 8.86. The molecule has 0 spiro atoms. The number of amides is 1. The number of hydrogen-bond donors (Lipinski definition) is 1. The molecular weight excluding hydrogens is 372 g/mol. The van der Waals surface area contributed by atoms with Gasteiger partial charge in [0.15, 0.2) is 6.10 Å². The van der Waals surface area contributed by atoms with Crippen molar-refractivity contribution in [2.75, 3.05) is 0 Å². The van der Waals surface area contributed by atoms with Crippen molar-refractivity contribution < 1.29 is 14.3 Å². The minimum absolute atomic E-state index is 0.0318. The molecule has 29 heavy (non-hydrogen) atoms. The summed E-state index contributed by atoms with van der Waals surface area (Å²) in [4.78, 5) is 40.7. The highest BCUT2D eigenvalue weighted by molar-refractivity contribution is 5.84. The molecule has 0 aliphatic carbocycles. The quantitative estimate of drug-likeness (QED) is 0.712. The first-order valence-electron chi connectivity index (χ1n) is 9.46. The van der Waals surface area contributed by atoms with Crippen molar-refractivity contribution in [2.24, 2.45) is 13.0 Å². The Morgan fingerprint density at radius 2 is 1.97 bits per heavy atom. The van der Waals surface area contributed by atoms with E-state index in [1.54, 1.807) is 30.7 Å². The van der Waals surface area contributed by atoms with Crippen LogP contribution in [0.1, 0.15) is 39.9 Å². The number of aryl methyl sites for hydroxylation is 2. The van der Waals surface area contributed by atoms with Crippen LogP contribution in [-0.4, -0.2) is 33.1 Å². The summed E-state index contributed by atoms with van der Waals surface area (Å²) in [5.41, 5.74) is -0.669. The van der Waals surface area contributed by atoms with Crippen LogP contribution in [0.15, 0.2) is 29.1 Å². The third-order valence-electron chi connectivity index (χ3n) is 5.11. The lowest BCUT2D eigenvalue weighted by atomic mass is 9.90. The first kappa shape index (κ1) is 22.1. The van der Waals surface area contributed by atoms with Gasteiger partial charge in [-0.25, -0.2) is 0 Å². The van der Waals surface area contributed by atoms with Crippen LogP contribution in [0, 0.1) is 17.2 Å². The summed E-state index contributed by atoms with van der Waals surface area (Å²) in [6.45, 7) is 6.72. The van der Waals surface area contributed by atoms with Gasteiger partial charge in [-0.3, -0.25) is 14.4 Å². The van der Waals surface area contributed by atoms with Crippen molar-refractivity contribution in [1.82, 2.24) is 14.9 Å². The van der Waals surface area contributed by atoms with Crippen molar-refractivity contribution in [3.05, 3.63) is 40.4 Å². The first-order valence-corrected chi connectivity index (χ1v) is 9.46. The molecule has 0 aliphatic heterocycles. The lowest BCUT2D eigenvalue weighted by Gasteiger charge is -2.28. The van der Waals surface area contributed by atoms with Crippen molar-refractivity contribution in [2.45, 2.75) is 52.2 Å². The van der Waals surface area contributed by atoms with E-state index in [2.05, 4.69) is 16.4 Å². The van der Waals surface area contributed by atoms with Gasteiger partial charge in [0.1, 0.15) is 11.4 Å². The van der Waals surface area contributed by atoms with E-state index in [1.165, 1.54) is 6.92 Å². The maximum Gasteiger partial charge on any atom is 0.307 e. The Labute approximate surface area is 169 Å². The summed E-state index contributed by atoms with van der Waals surface area (Å²) in [6.07, 6.45) is -0.871. The fourth-order valence-electron chi connectivity index (χ4n) is 2.74. The van der Waals surface area contributed by atoms with Crippen LogP contribution in [0.2, 0.25) is 0 Å². The Morgan fingerprint density at radius 1 is 1.31 bits per heavy atom. The van der Waals surface area contributed by atoms with Gasteiger partial charge in [-0.1, -0.05) is 26.0 Å². The average Bonchev–Trinajstić information content (AvgIpc) is 2.69. The molecule has 2 aromatic rings. The number of carbonyl (C=O) groups is 2. The Hall–Kier alpha value is -3.21. The van der Waals surface area contributed by atoms with Gasteiger partial charge < -0.3 is 14.6 Å². The molecule has 0 bridgehead atoms. The molecule has 2 rings (SSSR count). The highest BCUT2D eigenvalue weighted by Crippen LogP contribution is 2.16. The SMILES string of the molecule is CC(C)[C@@](C)(C#N)NC(=O)[C@@H](C)OC(=O)CCc1nc(=O)c2ccccc2n1C. The van der Waals surface area contributed by atoms with Gasteiger partial charge in [0, 0.05) is 13.5 Å². The largest absolute Gasteiger partial charge is 0.453 e. The number of nitrogens with one attached hydrogen (secondary N) is 1. The summed E-state index contributed by atoms with van der Waals surface area (Å²) in [7, 11) is 1.78. The maximum atomic E-state index is 12.3. The smallest absolute Gasteiger partial charge is 0.307 e. The number of esters is 1. The van der Waals surface area contributed by atoms with Gasteiger partial charge in [0.05, 0.1) is 23.4 Å². The van der Waals surface area contributed by atoms with E-state index in [1.807, 2.05) is 26.0 Å². The Morgan fingerprint density at radius 3 is 2.59 bits per heavy atom. The Balaban J connectivity index is 2.01. The number of nitrogens with zero attached hydrogens (tertiary/aromatic N) is 3. The number of rotatable bonds is 7. The predicted molar refractivity (Wildman–Crippen MR) is 108 cm³/mol. The molecule has 154 valence electrons. The molecule has 8 nitrogen and oxygen atoms in total. The van der Waals surface area contributed by atoms with E-state index in [0.717, 1.165) is 5.52 Å². The molecular formula is C21H26N4O4. The zero-order valence-electron chi connectivity index (χ0n) is 17.4. The molecule has 1 aromatic heterocycles. The molecule has 1 aromatic carbocycles. The number of ether oxygens (including phenoxy) is 1. The lowest BCUT2D eigenvalue weighted by Crippen LogP contribution is -2.52. The number of aromatic nitrogens is 2. The normalized spacial score (nSPS) is 14.1. The third-order valence-corrected chi connectivity index (χ3v) is 5.11. The van der Waals surface area contributed by atoms with Gasteiger partial charge in [0.25, 0.3) is 11.5 Å². The van der Waals surface area contributed by atoms with Crippen LogP contribution in [0.25, 0.3) is 10.9 Å². The summed E-state index contributed by atoms with van der Waals surface area (Å²) >= 11 is 0. The van der Waals surface area contributed by atoms with Crippen molar-refractivity contribution in [1.29, 1.82) is 5.26 Å². The number of carbonyl (C=O) groups excluding carboxylic acids is 2. The molecule has 0 fully saturated rings. The summed E-state index contributed by atoms with van der Waals surface area (Å²) in [5.74, 6) is -0.773. The van der Waals surface area contributed by atoms with Gasteiger partial charge >= 0.3 is 5.97 Å². The van der Waals surface area contributed by atoms with Crippen molar-refractivity contribution in [3.63, 3.8) is 0 Å². The van der Waals surface area contributed by atoms with Crippen LogP contribution in [-0.2, 0) is 27.8 Å². The van der Waals surface area contributed by atoms with E-state index in [4.69, 9.17) is 4.74 Å². The summed E-state index contributed by atoms with van der Waals surface area (Å²) in [5, 5.41) is 12.4. The van der Waals surface area contributed by atoms with Gasteiger partial charge in [-0.15, -0.1) is 0 Å². The molecule has 0 aliphatic rings. The third kappa shape index (κ3) is 4.99. The van der Waals surface area contributed by atoms with E-state index in [0.29, 0.717) is 11.2 Å². The van der Waals surface area contributed by atoms with Gasteiger partial charge in [-0.2, -0.15) is 10.2 Å². The second-order valence-electron chi connectivity index (χ2n) is 7.50. The number of para-hydroxylation sites is 1. The fraction of sp³-hybridized carbons (Fsp3) is 0.476. The van der Waals surface area contributed by atoms with E-state index >= 15 is 0 Å². The highest BCUT2D eigenvalue weighted by atomic mass is 16.5. The van der Waals surface area contributed by atoms with E-state index in [-0.39, 0.29) is 24.3 Å². The Bertz CT molecular complexity index is 1020. The number of hydrogen-bond acceptors (Lipinski definition) is 6. The van der Waals surface area contributed by atoms with Crippen LogP contribution >= 0.6 is 0 Å². The second-order valence-corrected chi connectivity index (χ2v) is 7.50. The van der Waals surface area contributed by atoms with Crippen molar-refractivity contribution in [3.8, 4) is 6.07 Å². The van der Waals surface area contributed by atoms with Gasteiger partial charge in [0.2, 0.25) is 0 Å². The summed E-state index contributed by atoms with van der Waals surface area (Å²) in [6, 6.07) is 9.19. The first-order chi connectivity index (χ1) is 13.6. The molecule has 0 unspecified atom stereocenters. The van der Waals surface area contributed by atoms with Crippen molar-refractivity contribution >= 4 is 22.8 Å². The minimum atomic E-state index is -1.05. The van der Waals surface area contributed by atoms with Crippen LogP contribution in [0.4, 0.5) is 0 Å². The topological polar surface area (TPSA) is 114 Å². The summed E-state index contributed by atoms with van der Waals surface area (Å²) < 4.78 is 6.95. The van der Waals surface area contributed by atoms with Crippen LogP contribution in [0.3, 0.4) is 0 Å². The molecule has 0 saturated heterocycles. The maximum absolute atomic E-state index is 12.3. The van der Waals surface area contributed by atoms with Crippen LogP contribution in [0.5, 0.6) is 0 Å². The zero-order valence-corrected chi connectivity index (χ0v) is 17.4. The minimum Gasteiger partial charge on any atom is -0.453 e. The molecule has 1 amide bonds. The molecule has 0 radical (unpaired) electrons. The number of fused-ring (bicyclic) bond motifs is 1. The molecule has 8 heteroatoms. The van der Waals surface area contributed by atoms with E-state index < -0.39 is 23.5 Å². The molecule has 0 saturated carbocycles. The lowest BCUT2D eigenvalue weighted by molar-refractivity contribution is -0.155. The predicted octanol–water partition coefficient (Wildman–Crippen LogP) is 1.85. The Kier molecular flexibility index (Phi) is 6.75. The molecule has 1 N–H and O–H groups in total. The fourth-order valence-corrected chi connectivity index (χ4v) is 2.74. The number of nitriles is 1. The number of benzene rings is 1. The van der Waals surface area contributed by atoms with Gasteiger partial charge in [-0.05, 0) is 31.9 Å². The monoisotopic (exact) mass is 398 g/mol. The average molecular weight is 398 g/mol.